The Labute approximate surface area is 136 Å². The normalized spacial score (nSPS) is 14.9. The molecule has 2 heterocycles. The third-order valence-corrected chi connectivity index (χ3v) is 3.94. The van der Waals surface area contributed by atoms with Gasteiger partial charge in [-0.05, 0) is 25.8 Å². The number of carbonyl (C=O) groups is 1. The van der Waals surface area contributed by atoms with Gasteiger partial charge in [0, 0.05) is 37.8 Å². The highest BCUT2D eigenvalue weighted by molar-refractivity contribution is 5.91. The van der Waals surface area contributed by atoms with Gasteiger partial charge >= 0.3 is 6.18 Å². The van der Waals surface area contributed by atoms with Crippen molar-refractivity contribution in [3.63, 3.8) is 0 Å². The minimum atomic E-state index is -4.47. The first kappa shape index (κ1) is 16.5. The molecule has 1 N–H and O–H groups in total. The Morgan fingerprint density at radius 1 is 1.38 bits per heavy atom. The number of anilines is 1. The van der Waals surface area contributed by atoms with E-state index in [0.29, 0.717) is 17.1 Å². The predicted octanol–water partition coefficient (Wildman–Crippen LogP) is 2.85. The summed E-state index contributed by atoms with van der Waals surface area (Å²) in [5, 5.41) is 10.5. The molecular formula is C15H18F3N5O. The molecule has 3 rings (SSSR count). The average molecular weight is 341 g/mol. The number of alkyl halides is 3. The third-order valence-electron chi connectivity index (χ3n) is 3.94. The minimum Gasteiger partial charge on any atom is -0.323 e. The van der Waals surface area contributed by atoms with Crippen molar-refractivity contribution in [2.75, 3.05) is 5.32 Å². The average Bonchev–Trinajstić information content (AvgIpc) is 3.14. The molecule has 1 aliphatic rings. The lowest BCUT2D eigenvalue weighted by Crippen LogP contribution is -2.16. The van der Waals surface area contributed by atoms with E-state index in [1.807, 2.05) is 0 Å². The summed E-state index contributed by atoms with van der Waals surface area (Å²) < 4.78 is 41.4. The van der Waals surface area contributed by atoms with Crippen molar-refractivity contribution < 1.29 is 18.0 Å². The van der Waals surface area contributed by atoms with Crippen LogP contribution in [0.25, 0.3) is 0 Å². The molecule has 1 fully saturated rings. The molecule has 0 bridgehead atoms. The van der Waals surface area contributed by atoms with E-state index in [1.165, 1.54) is 4.68 Å². The van der Waals surface area contributed by atoms with Gasteiger partial charge in [-0.1, -0.05) is 0 Å². The Kier molecular flexibility index (Phi) is 4.10. The van der Waals surface area contributed by atoms with Crippen molar-refractivity contribution in [1.29, 1.82) is 0 Å². The maximum absolute atomic E-state index is 12.8. The molecule has 0 radical (unpaired) electrons. The van der Waals surface area contributed by atoms with Crippen molar-refractivity contribution in [2.24, 2.45) is 7.05 Å². The smallest absolute Gasteiger partial charge is 0.323 e. The van der Waals surface area contributed by atoms with Gasteiger partial charge in [-0.3, -0.25) is 14.2 Å². The molecule has 1 aliphatic carbocycles. The van der Waals surface area contributed by atoms with E-state index in [0.717, 1.165) is 18.9 Å². The lowest BCUT2D eigenvalue weighted by atomic mass is 10.2. The van der Waals surface area contributed by atoms with E-state index < -0.39 is 11.9 Å². The van der Waals surface area contributed by atoms with Gasteiger partial charge < -0.3 is 5.32 Å². The highest BCUT2D eigenvalue weighted by Gasteiger charge is 2.37. The summed E-state index contributed by atoms with van der Waals surface area (Å²) in [6.07, 6.45) is -1.01. The molecule has 24 heavy (non-hydrogen) atoms. The summed E-state index contributed by atoms with van der Waals surface area (Å²) in [7, 11) is 1.74. The van der Waals surface area contributed by atoms with Crippen molar-refractivity contribution >= 4 is 11.6 Å². The van der Waals surface area contributed by atoms with Crippen LogP contribution in [0.2, 0.25) is 0 Å². The molecule has 1 amide bonds. The number of amides is 1. The first-order chi connectivity index (χ1) is 11.2. The molecule has 6 nitrogen and oxygen atoms in total. The van der Waals surface area contributed by atoms with E-state index in [9.17, 15) is 18.0 Å². The summed E-state index contributed by atoms with van der Waals surface area (Å²) in [5.41, 5.74) is 0.949. The van der Waals surface area contributed by atoms with Gasteiger partial charge in [-0.2, -0.15) is 23.4 Å². The van der Waals surface area contributed by atoms with Crippen molar-refractivity contribution in [2.45, 2.75) is 44.8 Å². The Hall–Kier alpha value is -2.32. The van der Waals surface area contributed by atoms with Gasteiger partial charge in [0.05, 0.1) is 11.4 Å². The fraction of sp³-hybridized carbons (Fsp3) is 0.533. The highest BCUT2D eigenvalue weighted by Crippen LogP contribution is 2.42. The summed E-state index contributed by atoms with van der Waals surface area (Å²) in [5.74, 6) is -0.158. The predicted molar refractivity (Wildman–Crippen MR) is 80.4 cm³/mol. The zero-order chi connectivity index (χ0) is 17.5. The quantitative estimate of drug-likeness (QED) is 0.909. The molecule has 130 valence electrons. The Morgan fingerprint density at radius 2 is 2.08 bits per heavy atom. The van der Waals surface area contributed by atoms with Gasteiger partial charge in [0.25, 0.3) is 0 Å². The van der Waals surface area contributed by atoms with E-state index in [4.69, 9.17) is 0 Å². The second kappa shape index (κ2) is 5.95. The molecule has 0 aromatic carbocycles. The Bertz CT molecular complexity index is 758. The summed E-state index contributed by atoms with van der Waals surface area (Å²) >= 11 is 0. The summed E-state index contributed by atoms with van der Waals surface area (Å²) in [4.78, 5) is 12.0. The fourth-order valence-electron chi connectivity index (χ4n) is 2.60. The molecule has 0 saturated heterocycles. The summed E-state index contributed by atoms with van der Waals surface area (Å²) in [6, 6.07) is 1.10. The second-order valence-corrected chi connectivity index (χ2v) is 6.05. The van der Waals surface area contributed by atoms with E-state index in [2.05, 4.69) is 15.5 Å². The Balaban J connectivity index is 1.66. The van der Waals surface area contributed by atoms with Gasteiger partial charge in [0.2, 0.25) is 5.91 Å². The number of hydrogen-bond acceptors (Lipinski definition) is 3. The summed E-state index contributed by atoms with van der Waals surface area (Å²) in [6.45, 7) is 1.89. The van der Waals surface area contributed by atoms with E-state index >= 15 is 0 Å². The number of hydrogen-bond donors (Lipinski definition) is 1. The van der Waals surface area contributed by atoms with E-state index in [1.54, 1.807) is 24.9 Å². The van der Waals surface area contributed by atoms with Crippen molar-refractivity contribution in [3.8, 4) is 0 Å². The standard InChI is InChI=1S/C15H18F3N5O/c1-9-11(8-22(2)20-9)19-14(24)5-6-23-12(10-3-4-10)7-13(21-23)15(16,17)18/h7-8,10H,3-6H2,1-2H3,(H,19,24). The second-order valence-electron chi connectivity index (χ2n) is 6.05. The number of rotatable bonds is 5. The molecule has 0 spiro atoms. The number of halogens is 3. The van der Waals surface area contributed by atoms with Crippen LogP contribution in [0.4, 0.5) is 18.9 Å². The topological polar surface area (TPSA) is 64.7 Å². The van der Waals surface area contributed by atoms with Crippen LogP contribution in [0.3, 0.4) is 0 Å². The van der Waals surface area contributed by atoms with Crippen LogP contribution in [-0.2, 0) is 24.6 Å². The number of aromatic nitrogens is 4. The SMILES string of the molecule is Cc1nn(C)cc1NC(=O)CCn1nc(C(F)(F)F)cc1C1CC1. The minimum absolute atomic E-state index is 0.0486. The maximum atomic E-state index is 12.8. The van der Waals surface area contributed by atoms with Gasteiger partial charge in [0.15, 0.2) is 5.69 Å². The van der Waals surface area contributed by atoms with Crippen LogP contribution in [0, 0.1) is 6.92 Å². The number of nitrogens with one attached hydrogen (secondary N) is 1. The third kappa shape index (κ3) is 3.60. The van der Waals surface area contributed by atoms with Crippen LogP contribution in [0.1, 0.15) is 42.3 Å². The fourth-order valence-corrected chi connectivity index (χ4v) is 2.60. The van der Waals surface area contributed by atoms with Crippen molar-refractivity contribution in [1.82, 2.24) is 19.6 Å². The zero-order valence-electron chi connectivity index (χ0n) is 13.4. The number of carbonyl (C=O) groups excluding carboxylic acids is 1. The van der Waals surface area contributed by atoms with Gasteiger partial charge in [0.1, 0.15) is 0 Å². The molecular weight excluding hydrogens is 323 g/mol. The van der Waals surface area contributed by atoms with Crippen LogP contribution >= 0.6 is 0 Å². The Morgan fingerprint density at radius 3 is 2.62 bits per heavy atom. The first-order valence-electron chi connectivity index (χ1n) is 7.69. The zero-order valence-corrected chi connectivity index (χ0v) is 13.4. The molecule has 1 saturated carbocycles. The molecule has 0 atom stereocenters. The maximum Gasteiger partial charge on any atom is 0.435 e. The van der Waals surface area contributed by atoms with Gasteiger partial charge in [-0.15, -0.1) is 0 Å². The first-order valence-corrected chi connectivity index (χ1v) is 7.69. The molecule has 0 aliphatic heterocycles. The van der Waals surface area contributed by atoms with Crippen LogP contribution < -0.4 is 5.32 Å². The molecule has 0 unspecified atom stereocenters. The monoisotopic (exact) mass is 341 g/mol. The molecule has 2 aromatic rings. The van der Waals surface area contributed by atoms with Crippen LogP contribution in [0.15, 0.2) is 12.3 Å². The van der Waals surface area contributed by atoms with E-state index in [-0.39, 0.29) is 24.8 Å². The largest absolute Gasteiger partial charge is 0.435 e. The molecule has 9 heteroatoms. The molecule has 2 aromatic heterocycles. The van der Waals surface area contributed by atoms with Gasteiger partial charge in [-0.25, -0.2) is 0 Å². The number of aryl methyl sites for hydroxylation is 3. The van der Waals surface area contributed by atoms with Crippen LogP contribution in [0.5, 0.6) is 0 Å². The lowest BCUT2D eigenvalue weighted by molar-refractivity contribution is -0.141. The lowest BCUT2D eigenvalue weighted by Gasteiger charge is -2.07. The van der Waals surface area contributed by atoms with Crippen molar-refractivity contribution in [3.05, 3.63) is 29.3 Å². The van der Waals surface area contributed by atoms with Crippen LogP contribution in [-0.4, -0.2) is 25.5 Å². The highest BCUT2D eigenvalue weighted by atomic mass is 19.4. The number of nitrogens with zero attached hydrogens (tertiary/aromatic N) is 4.